The molecule has 70 valence electrons. The molecular weight excluding hydrogens is 164 g/mol. The van der Waals surface area contributed by atoms with Crippen LogP contribution in [0.2, 0.25) is 0 Å². The number of Topliss-reactive ketones (excluding diaryl/α,β-unsaturated/α-hetero) is 1. The van der Waals surface area contributed by atoms with E-state index in [-0.39, 0.29) is 5.78 Å². The fourth-order valence-corrected chi connectivity index (χ4v) is 1.53. The normalized spacial score (nSPS) is 16.2. The lowest BCUT2D eigenvalue weighted by atomic mass is 10.1. The summed E-state index contributed by atoms with van der Waals surface area (Å²) in [5, 5.41) is 0. The topological polar surface area (TPSA) is 48.0 Å². The van der Waals surface area contributed by atoms with Gasteiger partial charge in [0.05, 0.1) is 0 Å². The highest BCUT2D eigenvalue weighted by molar-refractivity contribution is 5.99. The van der Waals surface area contributed by atoms with E-state index in [0.717, 1.165) is 24.1 Å². The van der Waals surface area contributed by atoms with Gasteiger partial charge in [-0.3, -0.25) is 4.79 Å². The van der Waals surface area contributed by atoms with Gasteiger partial charge >= 0.3 is 0 Å². The minimum Gasteiger partial charge on any atom is -0.353 e. The lowest BCUT2D eigenvalue weighted by Crippen LogP contribution is -2.01. The number of rotatable bonds is 3. The predicted octanol–water partition coefficient (Wildman–Crippen LogP) is 1.08. The summed E-state index contributed by atoms with van der Waals surface area (Å²) in [5.74, 6) is 0.586. The first-order valence-corrected chi connectivity index (χ1v) is 4.62. The minimum atomic E-state index is 0.287. The van der Waals surface area contributed by atoms with Crippen molar-refractivity contribution in [1.82, 2.24) is 4.57 Å². The second kappa shape index (κ2) is 3.00. The Kier molecular flexibility index (Phi) is 1.96. The number of hydrogen-bond donors (Lipinski definition) is 1. The number of aromatic nitrogens is 1. The quantitative estimate of drug-likeness (QED) is 0.704. The molecule has 1 heterocycles. The lowest BCUT2D eigenvalue weighted by Gasteiger charge is -1.95. The first-order chi connectivity index (χ1) is 6.22. The van der Waals surface area contributed by atoms with Crippen molar-refractivity contribution in [2.45, 2.75) is 19.4 Å². The zero-order valence-electron chi connectivity index (χ0n) is 7.79. The maximum Gasteiger partial charge on any atom is 0.167 e. The summed E-state index contributed by atoms with van der Waals surface area (Å²) in [6.07, 6.45) is 4.00. The van der Waals surface area contributed by atoms with Gasteiger partial charge < -0.3 is 10.3 Å². The zero-order chi connectivity index (χ0) is 9.42. The van der Waals surface area contributed by atoms with E-state index in [1.54, 1.807) is 0 Å². The van der Waals surface area contributed by atoms with Gasteiger partial charge in [-0.2, -0.15) is 0 Å². The standard InChI is InChI=1S/C10H14N2O/c1-12-6-8(4-9(12)5-11)10(13)7-2-3-7/h4,6-7H,2-3,5,11H2,1H3. The van der Waals surface area contributed by atoms with Crippen LogP contribution < -0.4 is 5.73 Å². The van der Waals surface area contributed by atoms with E-state index in [1.165, 1.54) is 0 Å². The van der Waals surface area contributed by atoms with E-state index in [4.69, 9.17) is 5.73 Å². The van der Waals surface area contributed by atoms with E-state index in [9.17, 15) is 4.79 Å². The molecule has 0 spiro atoms. The third-order valence-electron chi connectivity index (χ3n) is 2.55. The molecule has 0 radical (unpaired) electrons. The van der Waals surface area contributed by atoms with E-state index in [1.807, 2.05) is 23.9 Å². The van der Waals surface area contributed by atoms with E-state index in [0.29, 0.717) is 12.5 Å². The second-order valence-electron chi connectivity index (χ2n) is 3.67. The van der Waals surface area contributed by atoms with Crippen LogP contribution >= 0.6 is 0 Å². The highest BCUT2D eigenvalue weighted by Gasteiger charge is 2.30. The van der Waals surface area contributed by atoms with Gasteiger partial charge in [-0.15, -0.1) is 0 Å². The number of nitrogens with zero attached hydrogens (tertiary/aromatic N) is 1. The molecule has 0 bridgehead atoms. The number of hydrogen-bond acceptors (Lipinski definition) is 2. The summed E-state index contributed by atoms with van der Waals surface area (Å²) < 4.78 is 1.93. The molecule has 0 saturated heterocycles. The zero-order valence-corrected chi connectivity index (χ0v) is 7.79. The van der Waals surface area contributed by atoms with Gasteiger partial charge in [0, 0.05) is 37.0 Å². The van der Waals surface area contributed by atoms with Gasteiger partial charge in [0.1, 0.15) is 0 Å². The van der Waals surface area contributed by atoms with Gasteiger partial charge in [-0.25, -0.2) is 0 Å². The first-order valence-electron chi connectivity index (χ1n) is 4.62. The predicted molar refractivity (Wildman–Crippen MR) is 50.4 cm³/mol. The number of carbonyl (C=O) groups excluding carboxylic acids is 1. The van der Waals surface area contributed by atoms with Crippen LogP contribution in [0, 0.1) is 5.92 Å². The molecule has 1 aromatic heterocycles. The Labute approximate surface area is 77.5 Å². The average molecular weight is 178 g/mol. The minimum absolute atomic E-state index is 0.287. The number of ketones is 1. The van der Waals surface area contributed by atoms with E-state index in [2.05, 4.69) is 0 Å². The Morgan fingerprint density at radius 1 is 1.69 bits per heavy atom. The summed E-state index contributed by atoms with van der Waals surface area (Å²) in [6, 6.07) is 1.90. The summed E-state index contributed by atoms with van der Waals surface area (Å²) in [5.41, 5.74) is 7.37. The third-order valence-corrected chi connectivity index (χ3v) is 2.55. The smallest absolute Gasteiger partial charge is 0.167 e. The average Bonchev–Trinajstić information content (AvgIpc) is 2.89. The van der Waals surface area contributed by atoms with Crippen molar-refractivity contribution in [3.05, 3.63) is 23.5 Å². The van der Waals surface area contributed by atoms with Crippen molar-refractivity contribution in [3.8, 4) is 0 Å². The summed E-state index contributed by atoms with van der Waals surface area (Å²) in [6.45, 7) is 0.494. The molecule has 0 amide bonds. The molecule has 1 aliphatic carbocycles. The molecule has 2 N–H and O–H groups in total. The molecular formula is C10H14N2O. The van der Waals surface area contributed by atoms with Crippen LogP contribution in [0.25, 0.3) is 0 Å². The Morgan fingerprint density at radius 3 is 2.85 bits per heavy atom. The van der Waals surface area contributed by atoms with Crippen molar-refractivity contribution in [1.29, 1.82) is 0 Å². The van der Waals surface area contributed by atoms with Crippen LogP contribution in [0.4, 0.5) is 0 Å². The van der Waals surface area contributed by atoms with Crippen molar-refractivity contribution >= 4 is 5.78 Å². The molecule has 0 unspecified atom stereocenters. The lowest BCUT2D eigenvalue weighted by molar-refractivity contribution is 0.0967. The molecule has 3 nitrogen and oxygen atoms in total. The van der Waals surface area contributed by atoms with Crippen LogP contribution in [-0.2, 0) is 13.6 Å². The summed E-state index contributed by atoms with van der Waals surface area (Å²) >= 11 is 0. The maximum absolute atomic E-state index is 11.6. The molecule has 1 saturated carbocycles. The largest absolute Gasteiger partial charge is 0.353 e. The molecule has 2 rings (SSSR count). The van der Waals surface area contributed by atoms with E-state index >= 15 is 0 Å². The second-order valence-corrected chi connectivity index (χ2v) is 3.67. The highest BCUT2D eigenvalue weighted by atomic mass is 16.1. The van der Waals surface area contributed by atoms with Crippen LogP contribution in [-0.4, -0.2) is 10.4 Å². The van der Waals surface area contributed by atoms with Crippen LogP contribution in [0.15, 0.2) is 12.3 Å². The van der Waals surface area contributed by atoms with Crippen molar-refractivity contribution in [2.75, 3.05) is 0 Å². The van der Waals surface area contributed by atoms with Crippen molar-refractivity contribution in [3.63, 3.8) is 0 Å². The number of aryl methyl sites for hydroxylation is 1. The van der Waals surface area contributed by atoms with Crippen molar-refractivity contribution < 1.29 is 4.79 Å². The first kappa shape index (κ1) is 8.51. The molecule has 0 aliphatic heterocycles. The summed E-state index contributed by atoms with van der Waals surface area (Å²) in [4.78, 5) is 11.6. The van der Waals surface area contributed by atoms with Gasteiger partial charge in [0.25, 0.3) is 0 Å². The van der Waals surface area contributed by atoms with Gasteiger partial charge in [-0.05, 0) is 18.9 Å². The van der Waals surface area contributed by atoms with Crippen LogP contribution in [0.3, 0.4) is 0 Å². The Balaban J connectivity index is 2.24. The molecule has 13 heavy (non-hydrogen) atoms. The van der Waals surface area contributed by atoms with Gasteiger partial charge in [-0.1, -0.05) is 0 Å². The van der Waals surface area contributed by atoms with Gasteiger partial charge in [0.2, 0.25) is 0 Å². The SMILES string of the molecule is Cn1cc(C(=O)C2CC2)cc1CN. The molecule has 0 atom stereocenters. The number of nitrogens with two attached hydrogens (primary N) is 1. The van der Waals surface area contributed by atoms with E-state index < -0.39 is 0 Å². The highest BCUT2D eigenvalue weighted by Crippen LogP contribution is 2.32. The van der Waals surface area contributed by atoms with Gasteiger partial charge in [0.15, 0.2) is 5.78 Å². The monoisotopic (exact) mass is 178 g/mol. The molecule has 3 heteroatoms. The fraction of sp³-hybridized carbons (Fsp3) is 0.500. The fourth-order valence-electron chi connectivity index (χ4n) is 1.53. The molecule has 0 aromatic carbocycles. The number of carbonyl (C=O) groups is 1. The third kappa shape index (κ3) is 1.52. The molecule has 1 fully saturated rings. The Morgan fingerprint density at radius 2 is 2.38 bits per heavy atom. The Hall–Kier alpha value is -1.09. The molecule has 1 aliphatic rings. The maximum atomic E-state index is 11.6. The molecule has 1 aromatic rings. The van der Waals surface area contributed by atoms with Crippen molar-refractivity contribution in [2.24, 2.45) is 18.7 Å². The van der Waals surface area contributed by atoms with Crippen LogP contribution in [0.1, 0.15) is 28.9 Å². The Bertz CT molecular complexity index is 337. The summed E-state index contributed by atoms with van der Waals surface area (Å²) in [7, 11) is 1.92. The van der Waals surface area contributed by atoms with Crippen LogP contribution in [0.5, 0.6) is 0 Å².